The summed E-state index contributed by atoms with van der Waals surface area (Å²) in [5.41, 5.74) is 5.94. The fourth-order valence-electron chi connectivity index (χ4n) is 3.37. The molecule has 0 bridgehead atoms. The van der Waals surface area contributed by atoms with Crippen molar-refractivity contribution in [1.29, 1.82) is 0 Å². The Hall–Kier alpha value is -0.610. The van der Waals surface area contributed by atoms with Crippen molar-refractivity contribution in [3.8, 4) is 0 Å². The summed E-state index contributed by atoms with van der Waals surface area (Å²) in [6, 6.07) is 0.782. The molecule has 1 saturated carbocycles. The Kier molecular flexibility index (Phi) is 5.01. The zero-order chi connectivity index (χ0) is 13.0. The highest BCUT2D eigenvalue weighted by atomic mass is 16.1. The van der Waals surface area contributed by atoms with Crippen LogP contribution >= 0.6 is 0 Å². The number of nitrogens with one attached hydrogen (secondary N) is 1. The molecule has 3 unspecified atom stereocenters. The van der Waals surface area contributed by atoms with Gasteiger partial charge in [-0.05, 0) is 45.2 Å². The van der Waals surface area contributed by atoms with E-state index in [1.165, 1.54) is 19.4 Å². The van der Waals surface area contributed by atoms with Crippen molar-refractivity contribution in [2.45, 2.75) is 57.5 Å². The Morgan fingerprint density at radius 2 is 2.17 bits per heavy atom. The maximum Gasteiger partial charge on any atom is 0.223 e. The molecule has 3 atom stereocenters. The molecule has 1 saturated heterocycles. The predicted molar refractivity (Wildman–Crippen MR) is 73.2 cm³/mol. The van der Waals surface area contributed by atoms with Crippen molar-refractivity contribution in [3.05, 3.63) is 0 Å². The van der Waals surface area contributed by atoms with Gasteiger partial charge in [0.1, 0.15) is 0 Å². The summed E-state index contributed by atoms with van der Waals surface area (Å²) in [5.74, 6) is 0.387. The lowest BCUT2D eigenvalue weighted by atomic mass is 9.85. The van der Waals surface area contributed by atoms with E-state index in [1.54, 1.807) is 0 Å². The van der Waals surface area contributed by atoms with Gasteiger partial charge in [0.2, 0.25) is 5.91 Å². The van der Waals surface area contributed by atoms with Crippen LogP contribution in [0.1, 0.15) is 45.4 Å². The lowest BCUT2D eigenvalue weighted by molar-refractivity contribution is -0.126. The predicted octanol–water partition coefficient (Wildman–Crippen LogP) is 1.10. The minimum atomic E-state index is 0.158. The van der Waals surface area contributed by atoms with E-state index in [4.69, 9.17) is 5.73 Å². The number of carbonyl (C=O) groups is 1. The van der Waals surface area contributed by atoms with Gasteiger partial charge in [-0.2, -0.15) is 0 Å². The number of carbonyl (C=O) groups excluding carboxylic acids is 1. The summed E-state index contributed by atoms with van der Waals surface area (Å²) in [7, 11) is 0. The van der Waals surface area contributed by atoms with Gasteiger partial charge in [-0.25, -0.2) is 0 Å². The molecule has 1 aliphatic heterocycles. The van der Waals surface area contributed by atoms with E-state index in [-0.39, 0.29) is 17.9 Å². The molecule has 0 radical (unpaired) electrons. The monoisotopic (exact) mass is 253 g/mol. The van der Waals surface area contributed by atoms with Gasteiger partial charge in [-0.1, -0.05) is 13.3 Å². The van der Waals surface area contributed by atoms with Crippen molar-refractivity contribution in [2.24, 2.45) is 11.7 Å². The number of nitrogens with two attached hydrogens (primary N) is 1. The van der Waals surface area contributed by atoms with E-state index in [0.717, 1.165) is 38.8 Å². The van der Waals surface area contributed by atoms with Crippen LogP contribution in [-0.4, -0.2) is 42.5 Å². The highest BCUT2D eigenvalue weighted by molar-refractivity contribution is 5.78. The number of hydrogen-bond acceptors (Lipinski definition) is 3. The smallest absolute Gasteiger partial charge is 0.223 e. The molecule has 18 heavy (non-hydrogen) atoms. The number of likely N-dealkylation sites (tertiary alicyclic amines) is 1. The molecule has 1 heterocycles. The zero-order valence-corrected chi connectivity index (χ0v) is 11.5. The van der Waals surface area contributed by atoms with E-state index >= 15 is 0 Å². The first-order valence-electron chi connectivity index (χ1n) is 7.48. The fraction of sp³-hybridized carbons (Fsp3) is 0.929. The second-order valence-electron chi connectivity index (χ2n) is 5.79. The Labute approximate surface area is 110 Å². The number of nitrogens with zero attached hydrogens (tertiary/aromatic N) is 1. The van der Waals surface area contributed by atoms with Gasteiger partial charge in [0.05, 0.1) is 0 Å². The molecule has 2 rings (SSSR count). The van der Waals surface area contributed by atoms with Crippen LogP contribution in [0.15, 0.2) is 0 Å². The summed E-state index contributed by atoms with van der Waals surface area (Å²) in [6.45, 7) is 5.29. The third-order valence-corrected chi connectivity index (χ3v) is 4.50. The lowest BCUT2D eigenvalue weighted by Gasteiger charge is -2.27. The number of amides is 1. The van der Waals surface area contributed by atoms with Crippen molar-refractivity contribution in [3.63, 3.8) is 0 Å². The molecular formula is C14H27N3O. The summed E-state index contributed by atoms with van der Waals surface area (Å²) in [5, 5.41) is 3.14. The van der Waals surface area contributed by atoms with E-state index in [9.17, 15) is 4.79 Å². The first kappa shape index (κ1) is 13.8. The summed E-state index contributed by atoms with van der Waals surface area (Å²) in [6.07, 6.45) is 6.55. The van der Waals surface area contributed by atoms with Crippen molar-refractivity contribution < 1.29 is 4.79 Å². The lowest BCUT2D eigenvalue weighted by Crippen LogP contribution is -2.43. The third kappa shape index (κ3) is 3.45. The largest absolute Gasteiger partial charge is 0.354 e. The second kappa shape index (κ2) is 6.53. The fourth-order valence-corrected chi connectivity index (χ4v) is 3.37. The molecule has 2 aliphatic rings. The standard InChI is InChI=1S/C14H27N3O/c1-2-17-8-4-7-13(17)10-16-14(18)11-5-3-6-12(15)9-11/h11-13H,2-10,15H2,1H3,(H,16,18). The maximum atomic E-state index is 12.1. The van der Waals surface area contributed by atoms with Crippen LogP contribution in [0.2, 0.25) is 0 Å². The van der Waals surface area contributed by atoms with Gasteiger partial charge in [0, 0.05) is 24.5 Å². The average molecular weight is 253 g/mol. The quantitative estimate of drug-likeness (QED) is 0.789. The van der Waals surface area contributed by atoms with Gasteiger partial charge >= 0.3 is 0 Å². The number of likely N-dealkylation sites (N-methyl/N-ethyl adjacent to an activating group) is 1. The van der Waals surface area contributed by atoms with Crippen LogP contribution in [0.4, 0.5) is 0 Å². The Balaban J connectivity index is 1.74. The third-order valence-electron chi connectivity index (χ3n) is 4.50. The minimum Gasteiger partial charge on any atom is -0.354 e. The molecular weight excluding hydrogens is 226 g/mol. The molecule has 0 aromatic heterocycles. The number of rotatable bonds is 4. The normalized spacial score (nSPS) is 33.6. The van der Waals surface area contributed by atoms with E-state index in [0.29, 0.717) is 6.04 Å². The summed E-state index contributed by atoms with van der Waals surface area (Å²) >= 11 is 0. The van der Waals surface area contributed by atoms with Crippen molar-refractivity contribution in [1.82, 2.24) is 10.2 Å². The van der Waals surface area contributed by atoms with Crippen LogP contribution in [-0.2, 0) is 4.79 Å². The molecule has 4 nitrogen and oxygen atoms in total. The Morgan fingerprint density at radius 3 is 2.89 bits per heavy atom. The van der Waals surface area contributed by atoms with Crippen LogP contribution in [0.5, 0.6) is 0 Å². The molecule has 3 N–H and O–H groups in total. The second-order valence-corrected chi connectivity index (χ2v) is 5.79. The van der Waals surface area contributed by atoms with Crippen molar-refractivity contribution >= 4 is 5.91 Å². The zero-order valence-electron chi connectivity index (χ0n) is 11.5. The first-order valence-corrected chi connectivity index (χ1v) is 7.48. The van der Waals surface area contributed by atoms with Gasteiger partial charge in [-0.3, -0.25) is 9.69 Å². The molecule has 1 amide bonds. The molecule has 0 aromatic rings. The summed E-state index contributed by atoms with van der Waals surface area (Å²) < 4.78 is 0. The number of hydrogen-bond donors (Lipinski definition) is 2. The highest BCUT2D eigenvalue weighted by Crippen LogP contribution is 2.23. The maximum absolute atomic E-state index is 12.1. The molecule has 104 valence electrons. The first-order chi connectivity index (χ1) is 8.70. The van der Waals surface area contributed by atoms with Crippen molar-refractivity contribution in [2.75, 3.05) is 19.6 Å². The minimum absolute atomic E-state index is 0.158. The Bertz CT molecular complexity index is 282. The molecule has 4 heteroatoms. The highest BCUT2D eigenvalue weighted by Gasteiger charge is 2.27. The van der Waals surface area contributed by atoms with Gasteiger partial charge in [0.25, 0.3) is 0 Å². The molecule has 0 spiro atoms. The van der Waals surface area contributed by atoms with Crippen LogP contribution in [0.3, 0.4) is 0 Å². The van der Waals surface area contributed by atoms with Gasteiger partial charge in [-0.15, -0.1) is 0 Å². The average Bonchev–Trinajstić information content (AvgIpc) is 2.83. The molecule has 2 fully saturated rings. The van der Waals surface area contributed by atoms with Gasteiger partial charge < -0.3 is 11.1 Å². The van der Waals surface area contributed by atoms with E-state index in [2.05, 4.69) is 17.1 Å². The van der Waals surface area contributed by atoms with Crippen LogP contribution in [0, 0.1) is 5.92 Å². The Morgan fingerprint density at radius 1 is 1.33 bits per heavy atom. The summed E-state index contributed by atoms with van der Waals surface area (Å²) in [4.78, 5) is 14.6. The van der Waals surface area contributed by atoms with E-state index in [1.807, 2.05) is 0 Å². The topological polar surface area (TPSA) is 58.4 Å². The van der Waals surface area contributed by atoms with Gasteiger partial charge in [0.15, 0.2) is 0 Å². The van der Waals surface area contributed by atoms with Crippen LogP contribution < -0.4 is 11.1 Å². The van der Waals surface area contributed by atoms with E-state index < -0.39 is 0 Å². The molecule has 0 aromatic carbocycles. The van der Waals surface area contributed by atoms with Crippen LogP contribution in [0.25, 0.3) is 0 Å². The molecule has 1 aliphatic carbocycles. The SMILES string of the molecule is CCN1CCCC1CNC(=O)C1CCCC(N)C1.